The third-order valence-electron chi connectivity index (χ3n) is 3.14. The summed E-state index contributed by atoms with van der Waals surface area (Å²) in [5, 5.41) is 11.0. The smallest absolute Gasteiger partial charge is 0.273 e. The van der Waals surface area contributed by atoms with Crippen LogP contribution in [0.2, 0.25) is 0 Å². The topological polar surface area (TPSA) is 98.5 Å². The lowest BCUT2D eigenvalue weighted by molar-refractivity contribution is -0.385. The van der Waals surface area contributed by atoms with Gasteiger partial charge in [-0.3, -0.25) is 14.8 Å². The Balaban J connectivity index is 2.30. The van der Waals surface area contributed by atoms with E-state index in [4.69, 9.17) is 4.74 Å². The fraction of sp³-hybridized carbons (Fsp3) is 0.125. The van der Waals surface area contributed by atoms with Gasteiger partial charge in [0.25, 0.3) is 15.7 Å². The molecule has 0 amide bonds. The summed E-state index contributed by atoms with van der Waals surface area (Å²) in [6.45, 7) is 5.37. The summed E-state index contributed by atoms with van der Waals surface area (Å²) in [4.78, 5) is 10.2. The molecule has 0 bridgehead atoms. The summed E-state index contributed by atoms with van der Waals surface area (Å²) in [6.07, 6.45) is 1.57. The number of anilines is 1. The highest BCUT2D eigenvalue weighted by Gasteiger charge is 2.20. The average molecular weight is 348 g/mol. The van der Waals surface area contributed by atoms with E-state index in [1.54, 1.807) is 31.2 Å². The fourth-order valence-electron chi connectivity index (χ4n) is 1.97. The first-order valence-corrected chi connectivity index (χ1v) is 8.43. The quantitative estimate of drug-likeness (QED) is 0.470. The van der Waals surface area contributed by atoms with Crippen LogP contribution in [0, 0.1) is 17.0 Å². The minimum atomic E-state index is -3.95. The molecule has 0 saturated heterocycles. The predicted molar refractivity (Wildman–Crippen MR) is 90.8 cm³/mol. The Morgan fingerprint density at radius 2 is 2.04 bits per heavy atom. The lowest BCUT2D eigenvalue weighted by Gasteiger charge is -2.10. The normalized spacial score (nSPS) is 10.9. The number of sulfonamides is 1. The van der Waals surface area contributed by atoms with Gasteiger partial charge in [-0.1, -0.05) is 24.8 Å². The van der Waals surface area contributed by atoms with Crippen molar-refractivity contribution < 1.29 is 18.1 Å². The molecule has 0 saturated carbocycles. The third kappa shape index (κ3) is 4.11. The van der Waals surface area contributed by atoms with Crippen LogP contribution in [0.4, 0.5) is 11.4 Å². The predicted octanol–water partition coefficient (Wildman–Crippen LogP) is 3.27. The third-order valence-corrected chi connectivity index (χ3v) is 4.52. The van der Waals surface area contributed by atoms with Crippen LogP contribution in [0.25, 0.3) is 0 Å². The summed E-state index contributed by atoms with van der Waals surface area (Å²) in [5.74, 6) is 0.477. The molecule has 0 aliphatic rings. The van der Waals surface area contributed by atoms with E-state index < -0.39 is 14.9 Å². The maximum atomic E-state index is 12.4. The van der Waals surface area contributed by atoms with E-state index in [0.717, 1.165) is 6.07 Å². The first kappa shape index (κ1) is 17.5. The second-order valence-corrected chi connectivity index (χ2v) is 6.62. The molecular formula is C16H16N2O5S. The maximum Gasteiger partial charge on any atom is 0.273 e. The van der Waals surface area contributed by atoms with Gasteiger partial charge in [-0.2, -0.15) is 0 Å². The molecule has 126 valence electrons. The molecule has 7 nitrogen and oxygen atoms in total. The van der Waals surface area contributed by atoms with Gasteiger partial charge in [0.2, 0.25) is 0 Å². The average Bonchev–Trinajstić information content (AvgIpc) is 2.52. The first-order valence-electron chi connectivity index (χ1n) is 6.95. The maximum absolute atomic E-state index is 12.4. The minimum absolute atomic E-state index is 0.183. The SMILES string of the molecule is C=CCOc1cccc(NS(=O)(=O)c2ccc(C)c([N+](=O)[O-])c2)c1. The number of rotatable bonds is 7. The standard InChI is InChI=1S/C16H16N2O5S/c1-3-9-23-14-6-4-5-13(10-14)17-24(21,22)15-8-7-12(2)16(11-15)18(19)20/h3-8,10-11,17H,1,9H2,2H3. The highest BCUT2D eigenvalue weighted by atomic mass is 32.2. The Labute approximate surface area is 139 Å². The number of nitro benzene ring substituents is 1. The molecule has 0 unspecified atom stereocenters. The van der Waals surface area contributed by atoms with Gasteiger partial charge in [-0.05, 0) is 25.1 Å². The minimum Gasteiger partial charge on any atom is -0.489 e. The number of hydrogen-bond donors (Lipinski definition) is 1. The van der Waals surface area contributed by atoms with Crippen molar-refractivity contribution >= 4 is 21.4 Å². The van der Waals surface area contributed by atoms with Crippen LogP contribution >= 0.6 is 0 Å². The summed E-state index contributed by atoms with van der Waals surface area (Å²) < 4.78 is 32.6. The van der Waals surface area contributed by atoms with Crippen LogP contribution in [0.3, 0.4) is 0 Å². The van der Waals surface area contributed by atoms with E-state index >= 15 is 0 Å². The van der Waals surface area contributed by atoms with Gasteiger partial charge < -0.3 is 4.74 Å². The molecule has 0 radical (unpaired) electrons. The lowest BCUT2D eigenvalue weighted by Crippen LogP contribution is -2.13. The van der Waals surface area contributed by atoms with Crippen molar-refractivity contribution in [3.63, 3.8) is 0 Å². The number of ether oxygens (including phenoxy) is 1. The molecular weight excluding hydrogens is 332 g/mol. The van der Waals surface area contributed by atoms with Crippen molar-refractivity contribution in [3.05, 3.63) is 70.8 Å². The fourth-order valence-corrected chi connectivity index (χ4v) is 3.04. The van der Waals surface area contributed by atoms with Crippen LogP contribution in [-0.2, 0) is 10.0 Å². The molecule has 0 heterocycles. The van der Waals surface area contributed by atoms with E-state index in [1.165, 1.54) is 18.2 Å². The number of nitro groups is 1. The molecule has 24 heavy (non-hydrogen) atoms. The second kappa shape index (κ2) is 7.14. The summed E-state index contributed by atoms with van der Waals surface area (Å²) >= 11 is 0. The van der Waals surface area contributed by atoms with Crippen molar-refractivity contribution in [1.29, 1.82) is 0 Å². The number of nitrogens with zero attached hydrogens (tertiary/aromatic N) is 1. The molecule has 0 aliphatic heterocycles. The van der Waals surface area contributed by atoms with E-state index in [-0.39, 0.29) is 10.6 Å². The monoisotopic (exact) mass is 348 g/mol. The molecule has 2 rings (SSSR count). The number of hydrogen-bond acceptors (Lipinski definition) is 5. The zero-order valence-corrected chi connectivity index (χ0v) is 13.7. The summed E-state index contributed by atoms with van der Waals surface area (Å²) in [7, 11) is -3.95. The van der Waals surface area contributed by atoms with Gasteiger partial charge in [-0.25, -0.2) is 8.42 Å². The van der Waals surface area contributed by atoms with Gasteiger partial charge in [0.1, 0.15) is 12.4 Å². The van der Waals surface area contributed by atoms with Gasteiger partial charge in [0.05, 0.1) is 15.5 Å². The first-order chi connectivity index (χ1) is 11.3. The molecule has 2 aromatic rings. The van der Waals surface area contributed by atoms with E-state index in [1.807, 2.05) is 0 Å². The Kier molecular flexibility index (Phi) is 5.20. The largest absolute Gasteiger partial charge is 0.489 e. The van der Waals surface area contributed by atoms with Crippen LogP contribution in [0.1, 0.15) is 5.56 Å². The van der Waals surface area contributed by atoms with Crippen molar-refractivity contribution in [1.82, 2.24) is 0 Å². The number of nitrogens with one attached hydrogen (secondary N) is 1. The Morgan fingerprint density at radius 3 is 2.71 bits per heavy atom. The van der Waals surface area contributed by atoms with E-state index in [9.17, 15) is 18.5 Å². The van der Waals surface area contributed by atoms with E-state index in [0.29, 0.717) is 23.6 Å². The van der Waals surface area contributed by atoms with Crippen molar-refractivity contribution in [2.45, 2.75) is 11.8 Å². The Hall–Kier alpha value is -2.87. The zero-order valence-electron chi connectivity index (χ0n) is 12.9. The summed E-state index contributed by atoms with van der Waals surface area (Å²) in [6, 6.07) is 10.1. The van der Waals surface area contributed by atoms with Gasteiger partial charge in [0.15, 0.2) is 0 Å². The highest BCUT2D eigenvalue weighted by Crippen LogP contribution is 2.25. The van der Waals surface area contributed by atoms with Gasteiger partial charge in [-0.15, -0.1) is 0 Å². The van der Waals surface area contributed by atoms with Crippen molar-refractivity contribution in [3.8, 4) is 5.75 Å². The van der Waals surface area contributed by atoms with E-state index in [2.05, 4.69) is 11.3 Å². The van der Waals surface area contributed by atoms with Crippen LogP contribution in [0.15, 0.2) is 60.0 Å². The van der Waals surface area contributed by atoms with Crippen molar-refractivity contribution in [2.24, 2.45) is 0 Å². The molecule has 2 aromatic carbocycles. The van der Waals surface area contributed by atoms with Gasteiger partial charge in [0, 0.05) is 17.7 Å². The highest BCUT2D eigenvalue weighted by molar-refractivity contribution is 7.92. The Morgan fingerprint density at radius 1 is 1.29 bits per heavy atom. The number of aryl methyl sites for hydroxylation is 1. The van der Waals surface area contributed by atoms with Crippen LogP contribution < -0.4 is 9.46 Å². The second-order valence-electron chi connectivity index (χ2n) is 4.94. The molecule has 0 spiro atoms. The Bertz CT molecular complexity index is 878. The molecule has 1 N–H and O–H groups in total. The van der Waals surface area contributed by atoms with Gasteiger partial charge >= 0.3 is 0 Å². The number of benzene rings is 2. The molecule has 8 heteroatoms. The summed E-state index contributed by atoms with van der Waals surface area (Å²) in [5.41, 5.74) is 0.430. The van der Waals surface area contributed by atoms with Crippen molar-refractivity contribution in [2.75, 3.05) is 11.3 Å². The molecule has 0 aromatic heterocycles. The molecule has 0 aliphatic carbocycles. The molecule has 0 atom stereocenters. The van der Waals surface area contributed by atoms with Crippen LogP contribution in [-0.4, -0.2) is 19.9 Å². The molecule has 0 fully saturated rings. The van der Waals surface area contributed by atoms with Crippen LogP contribution in [0.5, 0.6) is 5.75 Å². The lowest BCUT2D eigenvalue weighted by atomic mass is 10.2. The zero-order chi connectivity index (χ0) is 17.7.